The van der Waals surface area contributed by atoms with Crippen LogP contribution in [0.25, 0.3) is 0 Å². The molecule has 1 saturated heterocycles. The fourth-order valence-electron chi connectivity index (χ4n) is 15.7. The van der Waals surface area contributed by atoms with Crippen molar-refractivity contribution in [1.82, 2.24) is 0 Å². The first kappa shape index (κ1) is 39.7. The Bertz CT molecular complexity index is 1510. The maximum atomic E-state index is 12.9. The second-order valence-electron chi connectivity index (χ2n) is 20.5. The van der Waals surface area contributed by atoms with Gasteiger partial charge in [-0.3, -0.25) is 4.79 Å². The normalized spacial score (nSPS) is 48.7. The van der Waals surface area contributed by atoms with Crippen LogP contribution in [-0.2, 0) is 27.1 Å². The first-order valence-electron chi connectivity index (χ1n) is 21.5. The Labute approximate surface area is 320 Å². The number of methoxy groups -OCH3 is 1. The molecule has 0 amide bonds. The third-order valence-corrected chi connectivity index (χ3v) is 18.8. The van der Waals surface area contributed by atoms with Crippen LogP contribution in [-0.4, -0.2) is 64.7 Å². The Morgan fingerprint density at radius 3 is 2.23 bits per heavy atom. The Balaban J connectivity index is 1.31. The van der Waals surface area contributed by atoms with Crippen molar-refractivity contribution in [1.29, 1.82) is 0 Å². The monoisotopic (exact) mass is 737 g/mol. The molecule has 4 N–H and O–H groups in total. The zero-order chi connectivity index (χ0) is 38.3. The van der Waals surface area contributed by atoms with E-state index in [2.05, 4.69) is 58.9 Å². The minimum absolute atomic E-state index is 0.00168. The topological polar surface area (TPSA) is 116 Å². The van der Waals surface area contributed by atoms with Gasteiger partial charge >= 0.3 is 5.97 Å². The van der Waals surface area contributed by atoms with Gasteiger partial charge in [-0.2, -0.15) is 0 Å². The molecule has 1 aromatic rings. The Hall–Kier alpha value is -1.51. The maximum Gasteiger partial charge on any atom is 0.309 e. The Kier molecular flexibility index (Phi) is 10.2. The number of benzene rings is 1. The minimum Gasteiger partial charge on any atom is -0.481 e. The van der Waals surface area contributed by atoms with Gasteiger partial charge in [0.2, 0.25) is 0 Å². The molecule has 6 aliphatic rings. The summed E-state index contributed by atoms with van der Waals surface area (Å²) >= 11 is 0. The average molecular weight is 737 g/mol. The van der Waals surface area contributed by atoms with Gasteiger partial charge in [-0.25, -0.2) is 0 Å². The average Bonchev–Trinajstić information content (AvgIpc) is 3.26. The van der Waals surface area contributed by atoms with Gasteiger partial charge < -0.3 is 29.9 Å². The van der Waals surface area contributed by atoms with Crippen LogP contribution in [0.1, 0.15) is 149 Å². The molecule has 13 unspecified atom stereocenters. The van der Waals surface area contributed by atoms with Gasteiger partial charge in [0.1, 0.15) is 0 Å². The number of rotatable bonds is 12. The predicted octanol–water partition coefficient (Wildman–Crippen LogP) is 8.74. The Morgan fingerprint density at radius 2 is 1.57 bits per heavy atom. The zero-order valence-corrected chi connectivity index (χ0v) is 34.1. The van der Waals surface area contributed by atoms with Crippen molar-refractivity contribution in [3.63, 3.8) is 0 Å². The first-order chi connectivity index (χ1) is 25.0. The summed E-state index contributed by atoms with van der Waals surface area (Å²) in [5.41, 5.74) is -0.150. The van der Waals surface area contributed by atoms with Gasteiger partial charge in [-0.15, -0.1) is 0 Å². The lowest BCUT2D eigenvalue weighted by Gasteiger charge is -2.78. The molecular weight excluding hydrogens is 664 g/mol. The quantitative estimate of drug-likeness (QED) is 0.159. The van der Waals surface area contributed by atoms with E-state index in [-0.39, 0.29) is 47.2 Å². The molecule has 1 spiro atoms. The number of carboxylic acids is 1. The summed E-state index contributed by atoms with van der Waals surface area (Å²) in [6.45, 7) is 14.4. The third-order valence-electron chi connectivity index (χ3n) is 18.8. The van der Waals surface area contributed by atoms with Gasteiger partial charge in [0.05, 0.1) is 30.8 Å². The van der Waals surface area contributed by atoms with Crippen LogP contribution in [0.2, 0.25) is 0 Å². The van der Waals surface area contributed by atoms with E-state index in [1.54, 1.807) is 7.11 Å². The molecule has 0 aromatic heterocycles. The largest absolute Gasteiger partial charge is 0.481 e. The van der Waals surface area contributed by atoms with Gasteiger partial charge in [0.25, 0.3) is 0 Å². The molecule has 7 rings (SSSR count). The molecule has 7 nitrogen and oxygen atoms in total. The van der Waals surface area contributed by atoms with Crippen LogP contribution >= 0.6 is 0 Å². The fourth-order valence-corrected chi connectivity index (χ4v) is 15.7. The molecule has 7 heteroatoms. The molecule has 1 heterocycles. The lowest BCUT2D eigenvalue weighted by Crippen LogP contribution is -2.77. The van der Waals surface area contributed by atoms with Crippen molar-refractivity contribution in [3.05, 3.63) is 35.4 Å². The highest BCUT2D eigenvalue weighted by Crippen LogP contribution is 2.84. The summed E-state index contributed by atoms with van der Waals surface area (Å²) in [5.74, 6) is -1.75. The van der Waals surface area contributed by atoms with E-state index in [9.17, 15) is 25.2 Å². The van der Waals surface area contributed by atoms with Gasteiger partial charge in [0.15, 0.2) is 5.79 Å². The van der Waals surface area contributed by atoms with E-state index in [4.69, 9.17) is 9.47 Å². The molecule has 13 atom stereocenters. The number of hydrogen-bond acceptors (Lipinski definition) is 6. The molecule has 5 saturated carbocycles. The van der Waals surface area contributed by atoms with Crippen LogP contribution in [0.5, 0.6) is 0 Å². The SMILES string of the molecule is CCCCCCC12CCC3(C)C(CCC45C(Cc6ccc(CCOC)cc6)OC(O)(CC(O)C34CO)C5C)C1(C)CCC1(C)CCC(C)(C(=O)O)CC12. The third kappa shape index (κ3) is 5.31. The van der Waals surface area contributed by atoms with Gasteiger partial charge in [0, 0.05) is 30.3 Å². The van der Waals surface area contributed by atoms with Crippen molar-refractivity contribution in [2.45, 2.75) is 169 Å². The minimum atomic E-state index is -1.44. The van der Waals surface area contributed by atoms with E-state index in [0.29, 0.717) is 18.9 Å². The number of carboxylic acid groups (broad SMARTS) is 1. The summed E-state index contributed by atoms with van der Waals surface area (Å²) in [7, 11) is 1.72. The van der Waals surface area contributed by atoms with Gasteiger partial charge in [-0.05, 0) is 129 Å². The van der Waals surface area contributed by atoms with E-state index < -0.39 is 39.5 Å². The number of fused-ring (bicyclic) bond motifs is 7. The van der Waals surface area contributed by atoms with E-state index >= 15 is 0 Å². The van der Waals surface area contributed by atoms with Crippen LogP contribution in [0.15, 0.2) is 24.3 Å². The fraction of sp³-hybridized carbons (Fsp3) is 0.848. The molecule has 2 bridgehead atoms. The van der Waals surface area contributed by atoms with E-state index in [1.807, 2.05) is 6.92 Å². The van der Waals surface area contributed by atoms with Crippen LogP contribution in [0.3, 0.4) is 0 Å². The summed E-state index contributed by atoms with van der Waals surface area (Å²) in [5, 5.41) is 47.6. The number of ether oxygens (including phenoxy) is 2. The maximum absolute atomic E-state index is 12.9. The van der Waals surface area contributed by atoms with Crippen LogP contribution < -0.4 is 0 Å². The molecule has 1 aliphatic heterocycles. The predicted molar refractivity (Wildman–Crippen MR) is 207 cm³/mol. The van der Waals surface area contributed by atoms with Crippen molar-refractivity contribution < 1.29 is 34.7 Å². The summed E-state index contributed by atoms with van der Waals surface area (Å²) in [6.07, 6.45) is 14.6. The molecule has 6 fully saturated rings. The van der Waals surface area contributed by atoms with Crippen molar-refractivity contribution in [2.24, 2.45) is 55.7 Å². The second kappa shape index (κ2) is 13.6. The molecule has 1 aromatic carbocycles. The summed E-state index contributed by atoms with van der Waals surface area (Å²) in [4.78, 5) is 12.9. The number of aliphatic hydroxyl groups excluding tert-OH is 2. The van der Waals surface area contributed by atoms with E-state index in [1.165, 1.54) is 31.2 Å². The number of aliphatic hydroxyl groups is 3. The highest BCUT2D eigenvalue weighted by Gasteiger charge is 2.83. The number of carbonyl (C=O) groups is 1. The standard InChI is InChI=1S/C46H72O7/c1-8-9-10-11-18-43-25-24-42(6)34(41(43,5)23-22-39(3)20-21-40(4,38(49)50)28-35(39)43)16-19-44-31(2)46(51,29-36(48)45(42,44)30-47)53-37(44)27-33-14-12-32(13-15-33)17-26-52-7/h12-15,31,34-37,47-48,51H,8-11,16-30H2,1-7H3,(H,49,50). The molecular formula is C46H72O7. The lowest BCUT2D eigenvalue weighted by molar-refractivity contribution is -0.336. The van der Waals surface area contributed by atoms with E-state index in [0.717, 1.165) is 76.2 Å². The van der Waals surface area contributed by atoms with Crippen LogP contribution in [0.4, 0.5) is 0 Å². The molecule has 0 radical (unpaired) electrons. The highest BCUT2D eigenvalue weighted by molar-refractivity contribution is 5.74. The van der Waals surface area contributed by atoms with Crippen molar-refractivity contribution >= 4 is 5.97 Å². The molecule has 298 valence electrons. The second-order valence-corrected chi connectivity index (χ2v) is 20.5. The summed E-state index contributed by atoms with van der Waals surface area (Å²) in [6, 6.07) is 8.68. The zero-order valence-electron chi connectivity index (χ0n) is 34.1. The smallest absolute Gasteiger partial charge is 0.309 e. The lowest BCUT2D eigenvalue weighted by atomic mass is 9.25. The first-order valence-corrected chi connectivity index (χ1v) is 21.5. The van der Waals surface area contributed by atoms with Gasteiger partial charge in [-0.1, -0.05) is 84.6 Å². The van der Waals surface area contributed by atoms with Crippen LogP contribution in [0, 0.1) is 55.7 Å². The number of unbranched alkanes of at least 4 members (excludes halogenated alkanes) is 3. The number of hydrogen-bond donors (Lipinski definition) is 4. The summed E-state index contributed by atoms with van der Waals surface area (Å²) < 4.78 is 12.1. The highest BCUT2D eigenvalue weighted by atomic mass is 16.6. The molecule has 53 heavy (non-hydrogen) atoms. The van der Waals surface area contributed by atoms with Crippen molar-refractivity contribution in [2.75, 3.05) is 20.3 Å². The molecule has 5 aliphatic carbocycles. The van der Waals surface area contributed by atoms with Crippen molar-refractivity contribution in [3.8, 4) is 0 Å². The number of aliphatic carboxylic acids is 1. The Morgan fingerprint density at radius 1 is 0.887 bits per heavy atom.